The number of rotatable bonds is 4. The van der Waals surface area contributed by atoms with Gasteiger partial charge in [-0.25, -0.2) is 4.98 Å². The van der Waals surface area contributed by atoms with Gasteiger partial charge in [0.05, 0.1) is 11.1 Å². The Hall–Kier alpha value is -2.51. The first-order valence-electron chi connectivity index (χ1n) is 11.1. The number of hydrogen-bond donors (Lipinski definition) is 0. The summed E-state index contributed by atoms with van der Waals surface area (Å²) in [4.78, 5) is 26.7. The van der Waals surface area contributed by atoms with E-state index in [0.29, 0.717) is 6.04 Å². The predicted octanol–water partition coefficient (Wildman–Crippen LogP) is 4.15. The van der Waals surface area contributed by atoms with E-state index in [2.05, 4.69) is 14.9 Å². The molecule has 3 aromatic rings. The predicted molar refractivity (Wildman–Crippen MR) is 123 cm³/mol. The number of aryl methyl sites for hydroxylation is 1. The molecule has 7 heteroatoms. The number of carbonyl (C=O) groups excluding carboxylic acids is 1. The molecule has 31 heavy (non-hydrogen) atoms. The SMILES string of the molecule is Cc1ccc2cccc(C(=O)N3CCC(N4CCC(Oc5nccs5)CC4)CC3)c2n1. The van der Waals surface area contributed by atoms with E-state index in [1.165, 1.54) is 0 Å². The minimum absolute atomic E-state index is 0.109. The molecule has 2 aromatic heterocycles. The van der Waals surface area contributed by atoms with Gasteiger partial charge in [0.25, 0.3) is 11.1 Å². The Bertz CT molecular complexity index is 1040. The molecule has 4 heterocycles. The van der Waals surface area contributed by atoms with Gasteiger partial charge in [-0.1, -0.05) is 29.5 Å². The van der Waals surface area contributed by atoms with E-state index in [-0.39, 0.29) is 12.0 Å². The average Bonchev–Trinajstić information content (AvgIpc) is 3.32. The lowest BCUT2D eigenvalue weighted by atomic mass is 9.98. The second-order valence-corrected chi connectivity index (χ2v) is 9.36. The number of nitrogens with zero attached hydrogens (tertiary/aromatic N) is 4. The molecule has 0 spiro atoms. The Balaban J connectivity index is 1.17. The number of aromatic nitrogens is 2. The minimum Gasteiger partial charge on any atom is -0.467 e. The van der Waals surface area contributed by atoms with Crippen LogP contribution in [-0.2, 0) is 0 Å². The van der Waals surface area contributed by atoms with Crippen LogP contribution in [0.15, 0.2) is 41.9 Å². The van der Waals surface area contributed by atoms with Gasteiger partial charge < -0.3 is 9.64 Å². The van der Waals surface area contributed by atoms with Gasteiger partial charge in [0.15, 0.2) is 0 Å². The highest BCUT2D eigenvalue weighted by molar-refractivity contribution is 7.11. The van der Waals surface area contributed by atoms with Crippen LogP contribution in [0.25, 0.3) is 10.9 Å². The molecular weight excluding hydrogens is 408 g/mol. The Morgan fingerprint density at radius 3 is 2.61 bits per heavy atom. The van der Waals surface area contributed by atoms with Gasteiger partial charge in [-0.05, 0) is 44.7 Å². The number of piperidine rings is 2. The van der Waals surface area contributed by atoms with Crippen molar-refractivity contribution >= 4 is 28.1 Å². The van der Waals surface area contributed by atoms with Gasteiger partial charge in [-0.2, -0.15) is 0 Å². The fraction of sp³-hybridized carbons (Fsp3) is 0.458. The number of ether oxygens (including phenoxy) is 1. The highest BCUT2D eigenvalue weighted by atomic mass is 32.1. The average molecular weight is 437 g/mol. The van der Waals surface area contributed by atoms with E-state index in [1.807, 2.05) is 47.5 Å². The zero-order valence-corrected chi connectivity index (χ0v) is 18.7. The van der Waals surface area contributed by atoms with Crippen LogP contribution in [-0.4, -0.2) is 64.0 Å². The summed E-state index contributed by atoms with van der Waals surface area (Å²) in [5.74, 6) is 0.109. The molecule has 0 saturated carbocycles. The van der Waals surface area contributed by atoms with Crippen molar-refractivity contribution in [3.63, 3.8) is 0 Å². The Morgan fingerprint density at radius 2 is 1.87 bits per heavy atom. The van der Waals surface area contributed by atoms with Crippen molar-refractivity contribution in [3.05, 3.63) is 53.2 Å². The monoisotopic (exact) mass is 436 g/mol. The van der Waals surface area contributed by atoms with Gasteiger partial charge in [-0.15, -0.1) is 0 Å². The smallest absolute Gasteiger partial charge is 0.273 e. The van der Waals surface area contributed by atoms with Crippen LogP contribution in [0.5, 0.6) is 5.19 Å². The largest absolute Gasteiger partial charge is 0.467 e. The van der Waals surface area contributed by atoms with Crippen LogP contribution >= 0.6 is 11.3 Å². The molecule has 0 bridgehead atoms. The standard InChI is InChI=1S/C24H28N4O2S/c1-17-5-6-18-3-2-4-21(22(18)26-17)23(29)28-12-7-19(8-13-28)27-14-9-20(10-15-27)30-24-25-11-16-31-24/h2-6,11,16,19-20H,7-10,12-15H2,1H3. The fourth-order valence-corrected chi connectivity index (χ4v) is 5.34. The number of pyridine rings is 1. The molecule has 0 unspecified atom stereocenters. The number of amides is 1. The first kappa shape index (κ1) is 20.4. The van der Waals surface area contributed by atoms with E-state index >= 15 is 0 Å². The maximum atomic E-state index is 13.3. The summed E-state index contributed by atoms with van der Waals surface area (Å²) in [7, 11) is 0. The Morgan fingerprint density at radius 1 is 1.06 bits per heavy atom. The number of fused-ring (bicyclic) bond motifs is 1. The second kappa shape index (κ2) is 8.93. The summed E-state index contributed by atoms with van der Waals surface area (Å²) in [5.41, 5.74) is 2.48. The van der Waals surface area contributed by atoms with Gasteiger partial charge >= 0.3 is 0 Å². The van der Waals surface area contributed by atoms with Crippen LogP contribution in [0.3, 0.4) is 0 Å². The lowest BCUT2D eigenvalue weighted by molar-refractivity contribution is 0.0426. The van der Waals surface area contributed by atoms with Crippen molar-refractivity contribution in [2.75, 3.05) is 26.2 Å². The molecular formula is C24H28N4O2S. The van der Waals surface area contributed by atoms with Crippen LogP contribution < -0.4 is 4.74 Å². The number of thiazole rings is 1. The number of carbonyl (C=O) groups is 1. The Kier molecular flexibility index (Phi) is 5.87. The summed E-state index contributed by atoms with van der Waals surface area (Å²) in [6.45, 7) is 5.70. The second-order valence-electron chi connectivity index (χ2n) is 8.50. The van der Waals surface area contributed by atoms with E-state index in [1.54, 1.807) is 17.5 Å². The third-order valence-corrected chi connectivity index (χ3v) is 7.17. The number of hydrogen-bond acceptors (Lipinski definition) is 6. The summed E-state index contributed by atoms with van der Waals surface area (Å²) in [6.07, 6.45) is 6.20. The zero-order valence-electron chi connectivity index (χ0n) is 17.9. The summed E-state index contributed by atoms with van der Waals surface area (Å²) >= 11 is 1.56. The van der Waals surface area contributed by atoms with Gasteiger partial charge in [-0.3, -0.25) is 14.7 Å². The topological polar surface area (TPSA) is 58.6 Å². The highest BCUT2D eigenvalue weighted by Crippen LogP contribution is 2.26. The molecule has 1 amide bonds. The number of likely N-dealkylation sites (tertiary alicyclic amines) is 2. The van der Waals surface area contributed by atoms with Crippen molar-refractivity contribution in [2.45, 2.75) is 44.8 Å². The number of benzene rings is 1. The van der Waals surface area contributed by atoms with Crippen molar-refractivity contribution < 1.29 is 9.53 Å². The zero-order chi connectivity index (χ0) is 21.2. The highest BCUT2D eigenvalue weighted by Gasteiger charge is 2.31. The molecule has 0 atom stereocenters. The molecule has 1 aromatic carbocycles. The minimum atomic E-state index is 0.109. The maximum Gasteiger partial charge on any atom is 0.273 e. The van der Waals surface area contributed by atoms with Gasteiger partial charge in [0.1, 0.15) is 6.10 Å². The van der Waals surface area contributed by atoms with Crippen molar-refractivity contribution in [1.29, 1.82) is 0 Å². The molecule has 2 saturated heterocycles. The molecule has 5 rings (SSSR count). The maximum absolute atomic E-state index is 13.3. The Labute approximate surface area is 186 Å². The van der Waals surface area contributed by atoms with Crippen LogP contribution in [0.1, 0.15) is 41.7 Å². The van der Waals surface area contributed by atoms with Crippen LogP contribution in [0.2, 0.25) is 0 Å². The van der Waals surface area contributed by atoms with Crippen LogP contribution in [0, 0.1) is 6.92 Å². The molecule has 0 aliphatic carbocycles. The molecule has 162 valence electrons. The fourth-order valence-electron chi connectivity index (χ4n) is 4.79. The lowest BCUT2D eigenvalue weighted by Gasteiger charge is -2.41. The van der Waals surface area contributed by atoms with E-state index in [4.69, 9.17) is 4.74 Å². The van der Waals surface area contributed by atoms with Gasteiger partial charge in [0.2, 0.25) is 0 Å². The molecule has 2 aliphatic rings. The third-order valence-electron chi connectivity index (χ3n) is 6.51. The van der Waals surface area contributed by atoms with Crippen molar-refractivity contribution in [3.8, 4) is 5.19 Å². The molecule has 0 N–H and O–H groups in total. The summed E-state index contributed by atoms with van der Waals surface area (Å²) in [5, 5.41) is 3.76. The van der Waals surface area contributed by atoms with Gasteiger partial charge in [0, 0.05) is 54.9 Å². The molecule has 2 fully saturated rings. The van der Waals surface area contributed by atoms with Crippen molar-refractivity contribution in [2.24, 2.45) is 0 Å². The summed E-state index contributed by atoms with van der Waals surface area (Å²) < 4.78 is 5.99. The third kappa shape index (κ3) is 4.43. The van der Waals surface area contributed by atoms with Crippen molar-refractivity contribution in [1.82, 2.24) is 19.8 Å². The number of para-hydroxylation sites is 1. The van der Waals surface area contributed by atoms with E-state index in [0.717, 1.165) is 79.2 Å². The summed E-state index contributed by atoms with van der Waals surface area (Å²) in [6, 6.07) is 10.5. The lowest BCUT2D eigenvalue weighted by Crippen LogP contribution is -2.50. The molecule has 2 aliphatic heterocycles. The molecule has 0 radical (unpaired) electrons. The molecule has 6 nitrogen and oxygen atoms in total. The normalized spacial score (nSPS) is 19.1. The quantitative estimate of drug-likeness (QED) is 0.615. The first-order valence-corrected chi connectivity index (χ1v) is 12.0. The first-order chi connectivity index (χ1) is 15.2. The van der Waals surface area contributed by atoms with E-state index < -0.39 is 0 Å². The van der Waals surface area contributed by atoms with Crippen LogP contribution in [0.4, 0.5) is 0 Å². The van der Waals surface area contributed by atoms with E-state index in [9.17, 15) is 4.79 Å².